The van der Waals surface area contributed by atoms with Gasteiger partial charge in [0, 0.05) is 27.2 Å². The van der Waals surface area contributed by atoms with Crippen LogP contribution < -0.4 is 10.2 Å². The van der Waals surface area contributed by atoms with Crippen molar-refractivity contribution in [1.82, 2.24) is 4.98 Å². The molecule has 1 unspecified atom stereocenters. The molecule has 1 atom stereocenters. The van der Waals surface area contributed by atoms with Gasteiger partial charge in [-0.1, -0.05) is 0 Å². The fourth-order valence-electron chi connectivity index (χ4n) is 2.24. The minimum absolute atomic E-state index is 0.0499. The first-order valence-corrected chi connectivity index (χ1v) is 6.26. The molecule has 0 spiro atoms. The summed E-state index contributed by atoms with van der Waals surface area (Å²) in [5.74, 6) is 1.13. The highest BCUT2D eigenvalue weighted by molar-refractivity contribution is 5.56. The predicted octanol–water partition coefficient (Wildman–Crippen LogP) is 1.65. The van der Waals surface area contributed by atoms with E-state index in [1.165, 1.54) is 12.1 Å². The molecule has 7 nitrogen and oxygen atoms in total. The van der Waals surface area contributed by atoms with Gasteiger partial charge in [0.2, 0.25) is 0 Å². The van der Waals surface area contributed by atoms with E-state index in [1.807, 2.05) is 4.90 Å². The smallest absolute Gasteiger partial charge is 0.276 e. The zero-order valence-corrected chi connectivity index (χ0v) is 11.1. The molecule has 0 amide bonds. The SMILES string of the molecule is CNc1cc([N+](=O)[O-])cc(N2CCCC(OC)C2)n1. The lowest BCUT2D eigenvalue weighted by molar-refractivity contribution is -0.384. The van der Waals surface area contributed by atoms with Crippen molar-refractivity contribution in [2.24, 2.45) is 0 Å². The summed E-state index contributed by atoms with van der Waals surface area (Å²) in [6, 6.07) is 2.94. The molecule has 1 aliphatic rings. The number of rotatable bonds is 4. The second-order valence-electron chi connectivity index (χ2n) is 4.52. The molecule has 2 rings (SSSR count). The molecule has 1 saturated heterocycles. The van der Waals surface area contributed by atoms with Gasteiger partial charge >= 0.3 is 0 Å². The molecular formula is C12H18N4O3. The topological polar surface area (TPSA) is 80.5 Å². The van der Waals surface area contributed by atoms with Gasteiger partial charge in [-0.3, -0.25) is 10.1 Å². The van der Waals surface area contributed by atoms with Crippen molar-refractivity contribution < 1.29 is 9.66 Å². The predicted molar refractivity (Wildman–Crippen MR) is 72.7 cm³/mol. The molecule has 1 fully saturated rings. The molecule has 1 aromatic rings. The Morgan fingerprint density at radius 2 is 2.37 bits per heavy atom. The van der Waals surface area contributed by atoms with E-state index in [2.05, 4.69) is 10.3 Å². The van der Waals surface area contributed by atoms with Crippen LogP contribution in [0.15, 0.2) is 12.1 Å². The summed E-state index contributed by atoms with van der Waals surface area (Å²) in [5.41, 5.74) is 0.0499. The summed E-state index contributed by atoms with van der Waals surface area (Å²) in [6.45, 7) is 1.56. The summed E-state index contributed by atoms with van der Waals surface area (Å²) in [6.07, 6.45) is 2.17. The molecule has 2 heterocycles. The standard InChI is InChI=1S/C12H18N4O3/c1-13-11-6-9(16(17)18)7-12(14-11)15-5-3-4-10(8-15)19-2/h6-7,10H,3-5,8H2,1-2H3,(H,13,14). The number of nitrogens with one attached hydrogen (secondary N) is 1. The van der Waals surface area contributed by atoms with E-state index in [0.717, 1.165) is 19.4 Å². The molecule has 0 aromatic carbocycles. The lowest BCUT2D eigenvalue weighted by Crippen LogP contribution is -2.39. The Morgan fingerprint density at radius 3 is 3.00 bits per heavy atom. The van der Waals surface area contributed by atoms with E-state index in [4.69, 9.17) is 4.74 Å². The number of piperidine rings is 1. The second-order valence-corrected chi connectivity index (χ2v) is 4.52. The van der Waals surface area contributed by atoms with Crippen molar-refractivity contribution in [3.8, 4) is 0 Å². The zero-order valence-electron chi connectivity index (χ0n) is 11.1. The molecule has 7 heteroatoms. The van der Waals surface area contributed by atoms with E-state index in [0.29, 0.717) is 18.2 Å². The minimum atomic E-state index is -0.399. The van der Waals surface area contributed by atoms with E-state index in [-0.39, 0.29) is 11.8 Å². The largest absolute Gasteiger partial charge is 0.380 e. The van der Waals surface area contributed by atoms with Gasteiger partial charge in [0.25, 0.3) is 5.69 Å². The lowest BCUT2D eigenvalue weighted by Gasteiger charge is -2.32. The van der Waals surface area contributed by atoms with Gasteiger partial charge in [-0.2, -0.15) is 0 Å². The number of anilines is 2. The maximum Gasteiger partial charge on any atom is 0.276 e. The Morgan fingerprint density at radius 1 is 1.58 bits per heavy atom. The first-order chi connectivity index (χ1) is 9.13. The summed E-state index contributed by atoms with van der Waals surface area (Å²) < 4.78 is 5.36. The third kappa shape index (κ3) is 3.11. The Hall–Kier alpha value is -1.89. The van der Waals surface area contributed by atoms with Gasteiger partial charge in [0.1, 0.15) is 11.6 Å². The van der Waals surface area contributed by atoms with Gasteiger partial charge < -0.3 is 15.0 Å². The average molecular weight is 266 g/mol. The molecule has 0 aliphatic carbocycles. The fourth-order valence-corrected chi connectivity index (χ4v) is 2.24. The Bertz CT molecular complexity index is 466. The van der Waals surface area contributed by atoms with E-state index in [9.17, 15) is 10.1 Å². The van der Waals surface area contributed by atoms with Crippen LogP contribution in [0.25, 0.3) is 0 Å². The third-order valence-electron chi connectivity index (χ3n) is 3.30. The highest BCUT2D eigenvalue weighted by Gasteiger charge is 2.22. The van der Waals surface area contributed by atoms with E-state index >= 15 is 0 Å². The van der Waals surface area contributed by atoms with Crippen LogP contribution in [0.5, 0.6) is 0 Å². The van der Waals surface area contributed by atoms with Gasteiger partial charge in [0.05, 0.1) is 23.2 Å². The number of aromatic nitrogens is 1. The summed E-state index contributed by atoms with van der Waals surface area (Å²) in [7, 11) is 3.39. The molecule has 104 valence electrons. The van der Waals surface area contributed by atoms with Crippen LogP contribution in [0.3, 0.4) is 0 Å². The van der Waals surface area contributed by atoms with Crippen molar-refractivity contribution in [3.05, 3.63) is 22.2 Å². The highest BCUT2D eigenvalue weighted by atomic mass is 16.6. The molecule has 0 bridgehead atoms. The first-order valence-electron chi connectivity index (χ1n) is 6.26. The normalized spacial score (nSPS) is 19.3. The van der Waals surface area contributed by atoms with Gasteiger partial charge in [-0.05, 0) is 12.8 Å². The van der Waals surface area contributed by atoms with E-state index < -0.39 is 4.92 Å². The fraction of sp³-hybridized carbons (Fsp3) is 0.583. The monoisotopic (exact) mass is 266 g/mol. The Kier molecular flexibility index (Phi) is 4.16. The van der Waals surface area contributed by atoms with Crippen LogP contribution in [0.4, 0.5) is 17.3 Å². The lowest BCUT2D eigenvalue weighted by atomic mass is 10.1. The highest BCUT2D eigenvalue weighted by Crippen LogP contribution is 2.25. The molecule has 1 aliphatic heterocycles. The Balaban J connectivity index is 2.27. The third-order valence-corrected chi connectivity index (χ3v) is 3.30. The molecule has 1 aromatic heterocycles. The summed E-state index contributed by atoms with van der Waals surface area (Å²) in [4.78, 5) is 16.9. The number of hydrogen-bond donors (Lipinski definition) is 1. The number of hydrogen-bond acceptors (Lipinski definition) is 6. The maximum atomic E-state index is 10.9. The van der Waals surface area contributed by atoms with Crippen molar-refractivity contribution >= 4 is 17.3 Å². The first kappa shape index (κ1) is 13.5. The molecule has 19 heavy (non-hydrogen) atoms. The van der Waals surface area contributed by atoms with Crippen LogP contribution in [0.1, 0.15) is 12.8 Å². The van der Waals surface area contributed by atoms with Crippen LogP contribution in [-0.4, -0.2) is 43.3 Å². The number of ether oxygens (including phenoxy) is 1. The van der Waals surface area contributed by atoms with Crippen LogP contribution in [-0.2, 0) is 4.74 Å². The molecule has 1 N–H and O–H groups in total. The van der Waals surface area contributed by atoms with Crippen LogP contribution >= 0.6 is 0 Å². The van der Waals surface area contributed by atoms with Gasteiger partial charge in [-0.25, -0.2) is 4.98 Å². The quantitative estimate of drug-likeness (QED) is 0.659. The van der Waals surface area contributed by atoms with E-state index in [1.54, 1.807) is 14.2 Å². The number of methoxy groups -OCH3 is 1. The van der Waals surface area contributed by atoms with Crippen molar-refractivity contribution in [2.75, 3.05) is 37.5 Å². The average Bonchev–Trinajstić information content (AvgIpc) is 2.46. The molecular weight excluding hydrogens is 248 g/mol. The minimum Gasteiger partial charge on any atom is -0.380 e. The van der Waals surface area contributed by atoms with Gasteiger partial charge in [-0.15, -0.1) is 0 Å². The second kappa shape index (κ2) is 5.83. The zero-order chi connectivity index (χ0) is 13.8. The van der Waals surface area contributed by atoms with Crippen molar-refractivity contribution in [3.63, 3.8) is 0 Å². The number of pyridine rings is 1. The maximum absolute atomic E-state index is 10.9. The summed E-state index contributed by atoms with van der Waals surface area (Å²) in [5, 5.41) is 13.8. The Labute approximate surface area is 111 Å². The van der Waals surface area contributed by atoms with Crippen molar-refractivity contribution in [2.45, 2.75) is 18.9 Å². The van der Waals surface area contributed by atoms with Crippen LogP contribution in [0, 0.1) is 10.1 Å². The summed E-state index contributed by atoms with van der Waals surface area (Å²) >= 11 is 0. The van der Waals surface area contributed by atoms with Gasteiger partial charge in [0.15, 0.2) is 0 Å². The molecule has 0 saturated carbocycles. The van der Waals surface area contributed by atoms with Crippen LogP contribution in [0.2, 0.25) is 0 Å². The number of nitrogens with zero attached hydrogens (tertiary/aromatic N) is 3. The number of nitro groups is 1. The van der Waals surface area contributed by atoms with Crippen molar-refractivity contribution in [1.29, 1.82) is 0 Å². The molecule has 0 radical (unpaired) electrons.